The summed E-state index contributed by atoms with van der Waals surface area (Å²) < 4.78 is 0. The summed E-state index contributed by atoms with van der Waals surface area (Å²) in [5, 5.41) is 10.9. The van der Waals surface area contributed by atoms with E-state index in [0.717, 1.165) is 19.3 Å². The zero-order valence-electron chi connectivity index (χ0n) is 6.62. The van der Waals surface area contributed by atoms with Gasteiger partial charge in [0, 0.05) is 12.0 Å². The number of nitrogens with one attached hydrogen (secondary N) is 1. The normalized spacial score (nSPS) is 28.3. The Kier molecular flexibility index (Phi) is 2.86. The van der Waals surface area contributed by atoms with Gasteiger partial charge in [-0.2, -0.15) is 0 Å². The third kappa shape index (κ3) is 2.34. The third-order valence-electron chi connectivity index (χ3n) is 2.16. The van der Waals surface area contributed by atoms with E-state index in [0.29, 0.717) is 4.99 Å². The van der Waals surface area contributed by atoms with Gasteiger partial charge in [-0.05, 0) is 19.3 Å². The lowest BCUT2D eigenvalue weighted by molar-refractivity contribution is 0.190. The Labute approximate surface area is 76.1 Å². The van der Waals surface area contributed by atoms with Crippen molar-refractivity contribution >= 4 is 23.3 Å². The Hall–Kier alpha value is -0.840. The van der Waals surface area contributed by atoms with Crippen LogP contribution in [0.1, 0.15) is 19.3 Å². The first-order valence-corrected chi connectivity index (χ1v) is 4.29. The fraction of sp³-hybridized carbons (Fsp3) is 0.714. The van der Waals surface area contributed by atoms with Gasteiger partial charge in [0.25, 0.3) is 0 Å². The number of carboxylic acid groups (broad SMARTS) is 1. The molecule has 0 aromatic heterocycles. The maximum Gasteiger partial charge on any atom is 0.404 e. The van der Waals surface area contributed by atoms with Gasteiger partial charge in [-0.1, -0.05) is 12.2 Å². The quantitative estimate of drug-likeness (QED) is 0.558. The van der Waals surface area contributed by atoms with Gasteiger partial charge in [0.2, 0.25) is 0 Å². The molecular weight excluding hydrogens is 176 g/mol. The second-order valence-corrected chi connectivity index (χ2v) is 3.53. The molecule has 1 fully saturated rings. The maximum absolute atomic E-state index is 10.3. The SMILES string of the molecule is NC(=S)[C@H]1CCC(NC(=O)O)C1. The molecule has 0 heterocycles. The van der Waals surface area contributed by atoms with Crippen molar-refractivity contribution in [3.8, 4) is 0 Å². The molecule has 0 aromatic rings. The van der Waals surface area contributed by atoms with Gasteiger partial charge >= 0.3 is 6.09 Å². The molecule has 5 heteroatoms. The molecule has 0 spiro atoms. The number of rotatable bonds is 2. The topological polar surface area (TPSA) is 75.3 Å². The second kappa shape index (κ2) is 3.71. The van der Waals surface area contributed by atoms with Crippen LogP contribution in [0, 0.1) is 5.92 Å². The second-order valence-electron chi connectivity index (χ2n) is 3.06. The summed E-state index contributed by atoms with van der Waals surface area (Å²) in [4.78, 5) is 10.8. The van der Waals surface area contributed by atoms with E-state index >= 15 is 0 Å². The molecule has 1 aliphatic rings. The molecule has 2 atom stereocenters. The van der Waals surface area contributed by atoms with E-state index in [2.05, 4.69) is 5.32 Å². The zero-order valence-corrected chi connectivity index (χ0v) is 7.43. The zero-order chi connectivity index (χ0) is 9.14. The van der Waals surface area contributed by atoms with Crippen LogP contribution in [-0.4, -0.2) is 22.2 Å². The maximum atomic E-state index is 10.3. The van der Waals surface area contributed by atoms with Gasteiger partial charge < -0.3 is 16.2 Å². The van der Waals surface area contributed by atoms with Gasteiger partial charge in [-0.15, -0.1) is 0 Å². The smallest absolute Gasteiger partial charge is 0.404 e. The Bertz CT molecular complexity index is 208. The molecule has 0 aromatic carbocycles. The summed E-state index contributed by atoms with van der Waals surface area (Å²) >= 11 is 4.82. The molecular formula is C7H12N2O2S. The number of nitrogens with two attached hydrogens (primary N) is 1. The van der Waals surface area contributed by atoms with E-state index in [9.17, 15) is 4.79 Å². The van der Waals surface area contributed by atoms with Gasteiger partial charge in [-0.25, -0.2) is 4.79 Å². The van der Waals surface area contributed by atoms with Crippen molar-refractivity contribution in [3.05, 3.63) is 0 Å². The summed E-state index contributed by atoms with van der Waals surface area (Å²) in [6.45, 7) is 0. The van der Waals surface area contributed by atoms with E-state index < -0.39 is 6.09 Å². The van der Waals surface area contributed by atoms with E-state index in [1.54, 1.807) is 0 Å². The van der Waals surface area contributed by atoms with Crippen LogP contribution in [0.15, 0.2) is 0 Å². The molecule has 4 nitrogen and oxygen atoms in total. The van der Waals surface area contributed by atoms with Crippen LogP contribution >= 0.6 is 12.2 Å². The Morgan fingerprint density at radius 3 is 2.67 bits per heavy atom. The molecule has 0 saturated heterocycles. The monoisotopic (exact) mass is 188 g/mol. The third-order valence-corrected chi connectivity index (χ3v) is 2.50. The van der Waals surface area contributed by atoms with Crippen LogP contribution in [0.5, 0.6) is 0 Å². The fourth-order valence-corrected chi connectivity index (χ4v) is 1.76. The molecule has 1 rings (SSSR count). The highest BCUT2D eigenvalue weighted by atomic mass is 32.1. The highest BCUT2D eigenvalue weighted by Crippen LogP contribution is 2.25. The van der Waals surface area contributed by atoms with Crippen molar-refractivity contribution in [2.24, 2.45) is 11.7 Å². The highest BCUT2D eigenvalue weighted by Gasteiger charge is 2.27. The minimum atomic E-state index is -0.969. The molecule has 1 amide bonds. The van der Waals surface area contributed by atoms with Gasteiger partial charge in [0.05, 0.1) is 4.99 Å². The standard InChI is InChI=1S/C7H12N2O2S/c8-6(12)4-1-2-5(3-4)9-7(10)11/h4-5,9H,1-3H2,(H2,8,12)(H,10,11)/t4-,5?/m0/s1. The Balaban J connectivity index is 2.35. The summed E-state index contributed by atoms with van der Waals surface area (Å²) in [7, 11) is 0. The molecule has 68 valence electrons. The molecule has 0 radical (unpaired) electrons. The number of amides is 1. The Morgan fingerprint density at radius 2 is 2.25 bits per heavy atom. The van der Waals surface area contributed by atoms with Crippen LogP contribution in [0.25, 0.3) is 0 Å². The number of thiocarbonyl (C=S) groups is 1. The first-order valence-electron chi connectivity index (χ1n) is 3.88. The molecule has 4 N–H and O–H groups in total. The van der Waals surface area contributed by atoms with Gasteiger partial charge in [0.1, 0.15) is 0 Å². The van der Waals surface area contributed by atoms with Crippen LogP contribution in [0.4, 0.5) is 4.79 Å². The van der Waals surface area contributed by atoms with Crippen molar-refractivity contribution in [1.82, 2.24) is 5.32 Å². The van der Waals surface area contributed by atoms with Crippen molar-refractivity contribution in [3.63, 3.8) is 0 Å². The largest absolute Gasteiger partial charge is 0.465 e. The van der Waals surface area contributed by atoms with Crippen LogP contribution in [-0.2, 0) is 0 Å². The van der Waals surface area contributed by atoms with E-state index in [4.69, 9.17) is 23.1 Å². The molecule has 0 bridgehead atoms. The van der Waals surface area contributed by atoms with Crippen LogP contribution in [0.3, 0.4) is 0 Å². The fourth-order valence-electron chi connectivity index (χ4n) is 1.55. The average molecular weight is 188 g/mol. The summed E-state index contributed by atoms with van der Waals surface area (Å²) in [5.74, 6) is 0.219. The molecule has 1 saturated carbocycles. The summed E-state index contributed by atoms with van der Waals surface area (Å²) in [6, 6.07) is 0.0361. The highest BCUT2D eigenvalue weighted by molar-refractivity contribution is 7.80. The minimum Gasteiger partial charge on any atom is -0.465 e. The lowest BCUT2D eigenvalue weighted by Gasteiger charge is -2.09. The van der Waals surface area contributed by atoms with Gasteiger partial charge in [-0.3, -0.25) is 0 Å². The van der Waals surface area contributed by atoms with E-state index in [1.165, 1.54) is 0 Å². The minimum absolute atomic E-state index is 0.0361. The van der Waals surface area contributed by atoms with E-state index in [-0.39, 0.29) is 12.0 Å². The van der Waals surface area contributed by atoms with Crippen LogP contribution in [0.2, 0.25) is 0 Å². The van der Waals surface area contributed by atoms with Gasteiger partial charge in [0.15, 0.2) is 0 Å². The number of hydrogen-bond acceptors (Lipinski definition) is 2. The van der Waals surface area contributed by atoms with Crippen molar-refractivity contribution in [1.29, 1.82) is 0 Å². The molecule has 12 heavy (non-hydrogen) atoms. The predicted octanol–water partition coefficient (Wildman–Crippen LogP) is 0.709. The number of carbonyl (C=O) groups is 1. The van der Waals surface area contributed by atoms with Crippen molar-refractivity contribution in [2.45, 2.75) is 25.3 Å². The molecule has 1 aliphatic carbocycles. The lowest BCUT2D eigenvalue weighted by atomic mass is 10.1. The number of hydrogen-bond donors (Lipinski definition) is 3. The summed E-state index contributed by atoms with van der Waals surface area (Å²) in [6.07, 6.45) is 1.53. The first-order chi connectivity index (χ1) is 5.59. The first kappa shape index (κ1) is 9.25. The van der Waals surface area contributed by atoms with Crippen molar-refractivity contribution in [2.75, 3.05) is 0 Å². The molecule has 0 aliphatic heterocycles. The average Bonchev–Trinajstić information content (AvgIpc) is 2.34. The van der Waals surface area contributed by atoms with E-state index in [1.807, 2.05) is 0 Å². The molecule has 1 unspecified atom stereocenters. The Morgan fingerprint density at radius 1 is 1.58 bits per heavy atom. The lowest BCUT2D eigenvalue weighted by Crippen LogP contribution is -2.32. The summed E-state index contributed by atoms with van der Waals surface area (Å²) in [5.41, 5.74) is 5.45. The van der Waals surface area contributed by atoms with Crippen molar-refractivity contribution < 1.29 is 9.90 Å². The van der Waals surface area contributed by atoms with Crippen LogP contribution < -0.4 is 11.1 Å². The predicted molar refractivity (Wildman–Crippen MR) is 49.1 cm³/mol.